The molecule has 4 aliphatic carbocycles. The van der Waals surface area contributed by atoms with E-state index in [1.807, 2.05) is 12.3 Å². The van der Waals surface area contributed by atoms with Crippen LogP contribution in [0.3, 0.4) is 0 Å². The van der Waals surface area contributed by atoms with Crippen molar-refractivity contribution in [2.75, 3.05) is 18.5 Å². The molecule has 6 nitrogen and oxygen atoms in total. The highest BCUT2D eigenvalue weighted by Crippen LogP contribution is 2.68. The lowest BCUT2D eigenvalue weighted by Gasteiger charge is -2.61. The number of aromatic nitrogens is 3. The minimum absolute atomic E-state index is 0.394. The normalized spacial score (nSPS) is 38.2. The smallest absolute Gasteiger partial charge is 0.126 e. The lowest BCUT2D eigenvalue weighted by atomic mass is 9.44. The van der Waals surface area contributed by atoms with Crippen molar-refractivity contribution in [3.8, 4) is 11.8 Å². The lowest BCUT2D eigenvalue weighted by Crippen LogP contribution is -2.54. The summed E-state index contributed by atoms with van der Waals surface area (Å²) in [5.41, 5.74) is 2.40. The van der Waals surface area contributed by atoms with E-state index >= 15 is 0 Å². The van der Waals surface area contributed by atoms with E-state index in [-0.39, 0.29) is 0 Å². The van der Waals surface area contributed by atoms with Gasteiger partial charge in [-0.1, -0.05) is 13.8 Å². The van der Waals surface area contributed by atoms with E-state index in [1.165, 1.54) is 57.8 Å². The minimum atomic E-state index is 0.394. The van der Waals surface area contributed by atoms with Gasteiger partial charge in [0.05, 0.1) is 23.6 Å². The van der Waals surface area contributed by atoms with Crippen LogP contribution < -0.4 is 5.32 Å². The summed E-state index contributed by atoms with van der Waals surface area (Å²) in [6.45, 7) is 11.7. The average molecular weight is 530 g/mol. The summed E-state index contributed by atoms with van der Waals surface area (Å²) >= 11 is 0. The Kier molecular flexibility index (Phi) is 7.25. The maximum atomic E-state index is 9.08. The Morgan fingerprint density at radius 2 is 1.90 bits per heavy atom. The van der Waals surface area contributed by atoms with E-state index in [4.69, 9.17) is 15.0 Å². The van der Waals surface area contributed by atoms with E-state index in [0.29, 0.717) is 28.4 Å². The number of hydrogen-bond acceptors (Lipinski definition) is 5. The van der Waals surface area contributed by atoms with Crippen LogP contribution in [0.1, 0.15) is 91.0 Å². The zero-order valence-corrected chi connectivity index (χ0v) is 24.4. The summed E-state index contributed by atoms with van der Waals surface area (Å²) in [6.07, 6.45) is 17.8. The highest BCUT2D eigenvalue weighted by atomic mass is 16.5. The molecule has 0 aromatic carbocycles. The molecule has 3 unspecified atom stereocenters. The molecule has 4 saturated carbocycles. The zero-order chi connectivity index (χ0) is 27.2. The molecule has 0 spiro atoms. The molecule has 4 fully saturated rings. The van der Waals surface area contributed by atoms with Crippen LogP contribution in [0.5, 0.6) is 0 Å². The monoisotopic (exact) mass is 529 g/mol. The molecule has 2 aromatic rings. The second kappa shape index (κ2) is 10.5. The standard InChI is InChI=1S/C33H47N5O/c1-5-39-21-23-12-14-32(3)25(16-23)6-8-27-29-10-9-28(33(29,4)15-13-30(27)32)22(2)37-31-11-7-26(19-35-31)38-20-24(17-34)18-36-38/h7,11,18-20,22-23,25,27-30H,5-6,8-10,12-16,21H2,1-4H3,(H,35,37)/t22-,23+,25-,27+,28?,29?,30?,32+,33-/m1/s1. The van der Waals surface area contributed by atoms with Gasteiger partial charge in [0.1, 0.15) is 11.9 Å². The fraction of sp³-hybridized carbons (Fsp3) is 0.727. The third-order valence-corrected chi connectivity index (χ3v) is 12.1. The van der Waals surface area contributed by atoms with Crippen molar-refractivity contribution < 1.29 is 4.74 Å². The summed E-state index contributed by atoms with van der Waals surface area (Å²) in [6, 6.07) is 6.61. The highest BCUT2D eigenvalue weighted by molar-refractivity contribution is 5.42. The Morgan fingerprint density at radius 3 is 2.64 bits per heavy atom. The molecular formula is C33H47N5O. The summed E-state index contributed by atoms with van der Waals surface area (Å²) in [7, 11) is 0. The molecule has 39 heavy (non-hydrogen) atoms. The summed E-state index contributed by atoms with van der Waals surface area (Å²) in [5.74, 6) is 6.00. The van der Waals surface area contributed by atoms with Gasteiger partial charge in [-0.2, -0.15) is 10.4 Å². The molecule has 0 saturated heterocycles. The van der Waals surface area contributed by atoms with Crippen molar-refractivity contribution in [3.63, 3.8) is 0 Å². The van der Waals surface area contributed by atoms with Crippen molar-refractivity contribution in [3.05, 3.63) is 36.3 Å². The summed E-state index contributed by atoms with van der Waals surface area (Å²) < 4.78 is 7.55. The SMILES string of the molecule is CCOC[C@H]1CC[C@]2(C)C3CC[C@@]4(C)C(CCC4[C@@H](C)Nc4ccc(-n5cc(C#N)cn5)cn4)[C@@H]3CC[C@@H]2C1. The van der Waals surface area contributed by atoms with Gasteiger partial charge >= 0.3 is 0 Å². The molecule has 2 heterocycles. The first-order valence-electron chi connectivity index (χ1n) is 15.6. The molecule has 2 aromatic heterocycles. The van der Waals surface area contributed by atoms with Crippen molar-refractivity contribution in [2.24, 2.45) is 46.3 Å². The molecule has 210 valence electrons. The van der Waals surface area contributed by atoms with Gasteiger partial charge < -0.3 is 10.1 Å². The van der Waals surface area contributed by atoms with Gasteiger partial charge in [-0.25, -0.2) is 9.67 Å². The minimum Gasteiger partial charge on any atom is -0.381 e. The van der Waals surface area contributed by atoms with Crippen LogP contribution in [0.15, 0.2) is 30.7 Å². The van der Waals surface area contributed by atoms with Gasteiger partial charge in [0.2, 0.25) is 0 Å². The lowest BCUT2D eigenvalue weighted by molar-refractivity contribution is -0.122. The van der Waals surface area contributed by atoms with Crippen molar-refractivity contribution >= 4 is 5.82 Å². The fourth-order valence-corrected chi connectivity index (χ4v) is 10.1. The number of hydrogen-bond donors (Lipinski definition) is 1. The molecule has 0 aliphatic heterocycles. The van der Waals surface area contributed by atoms with E-state index in [1.54, 1.807) is 17.1 Å². The van der Waals surface area contributed by atoms with Crippen LogP contribution in [0.4, 0.5) is 5.82 Å². The molecule has 0 radical (unpaired) electrons. The van der Waals surface area contributed by atoms with Crippen LogP contribution in [-0.2, 0) is 4.74 Å². The Labute approximate surface area is 234 Å². The number of nitriles is 1. The number of fused-ring (bicyclic) bond motifs is 5. The zero-order valence-electron chi connectivity index (χ0n) is 24.4. The van der Waals surface area contributed by atoms with Gasteiger partial charge in [-0.05, 0) is 130 Å². The van der Waals surface area contributed by atoms with Crippen molar-refractivity contribution in [1.29, 1.82) is 5.26 Å². The van der Waals surface area contributed by atoms with Crippen LogP contribution in [0.25, 0.3) is 5.69 Å². The van der Waals surface area contributed by atoms with E-state index in [0.717, 1.165) is 54.3 Å². The maximum Gasteiger partial charge on any atom is 0.126 e. The first-order valence-corrected chi connectivity index (χ1v) is 15.6. The number of ether oxygens (including phenoxy) is 1. The van der Waals surface area contributed by atoms with E-state index in [9.17, 15) is 0 Å². The van der Waals surface area contributed by atoms with Crippen LogP contribution >= 0.6 is 0 Å². The van der Waals surface area contributed by atoms with E-state index in [2.05, 4.69) is 50.2 Å². The second-order valence-electron chi connectivity index (χ2n) is 13.8. The largest absolute Gasteiger partial charge is 0.381 e. The molecule has 6 rings (SSSR count). The predicted octanol–water partition coefficient (Wildman–Crippen LogP) is 7.25. The van der Waals surface area contributed by atoms with Crippen molar-refractivity contribution in [1.82, 2.24) is 14.8 Å². The first kappa shape index (κ1) is 26.8. The Hall–Kier alpha value is -2.39. The second-order valence-corrected chi connectivity index (χ2v) is 13.8. The topological polar surface area (TPSA) is 75.8 Å². The Morgan fingerprint density at radius 1 is 1.08 bits per heavy atom. The Balaban J connectivity index is 1.11. The molecule has 9 atom stereocenters. The average Bonchev–Trinajstić information content (AvgIpc) is 3.56. The van der Waals surface area contributed by atoms with Crippen LogP contribution in [0.2, 0.25) is 0 Å². The quantitative estimate of drug-likeness (QED) is 0.409. The fourth-order valence-electron chi connectivity index (χ4n) is 10.1. The molecule has 0 bridgehead atoms. The maximum absolute atomic E-state index is 9.08. The summed E-state index contributed by atoms with van der Waals surface area (Å²) in [4.78, 5) is 4.71. The molecule has 0 amide bonds. The van der Waals surface area contributed by atoms with Gasteiger partial charge in [0, 0.05) is 25.5 Å². The predicted molar refractivity (Wildman–Crippen MR) is 154 cm³/mol. The number of rotatable bonds is 7. The molecule has 4 aliphatic rings. The van der Waals surface area contributed by atoms with Crippen LogP contribution in [0, 0.1) is 57.7 Å². The van der Waals surface area contributed by atoms with Gasteiger partial charge in [0.25, 0.3) is 0 Å². The van der Waals surface area contributed by atoms with Gasteiger partial charge in [-0.3, -0.25) is 0 Å². The van der Waals surface area contributed by atoms with Crippen LogP contribution in [-0.4, -0.2) is 34.0 Å². The van der Waals surface area contributed by atoms with Gasteiger partial charge in [0.15, 0.2) is 0 Å². The molecular weight excluding hydrogens is 482 g/mol. The Bertz CT molecular complexity index is 1190. The number of anilines is 1. The third-order valence-electron chi connectivity index (χ3n) is 12.1. The van der Waals surface area contributed by atoms with Crippen molar-refractivity contribution in [2.45, 2.75) is 91.5 Å². The molecule has 6 heteroatoms. The third kappa shape index (κ3) is 4.69. The van der Waals surface area contributed by atoms with Gasteiger partial charge in [-0.15, -0.1) is 0 Å². The van der Waals surface area contributed by atoms with E-state index < -0.39 is 0 Å². The molecule has 1 N–H and O–H groups in total. The highest BCUT2D eigenvalue weighted by Gasteiger charge is 2.60. The number of pyridine rings is 1. The number of nitrogens with zero attached hydrogens (tertiary/aromatic N) is 4. The number of nitrogens with one attached hydrogen (secondary N) is 1. The summed E-state index contributed by atoms with van der Waals surface area (Å²) in [5, 5.41) is 17.1. The first-order chi connectivity index (χ1) is 18.9.